The van der Waals surface area contributed by atoms with E-state index in [4.69, 9.17) is 4.74 Å². The number of aromatic nitrogens is 2. The van der Waals surface area contributed by atoms with Crippen LogP contribution in [0.5, 0.6) is 0 Å². The zero-order valence-electron chi connectivity index (χ0n) is 20.9. The Labute approximate surface area is 212 Å². The van der Waals surface area contributed by atoms with Crippen LogP contribution in [0.1, 0.15) is 45.1 Å². The first kappa shape index (κ1) is 24.5. The first-order valence-electron chi connectivity index (χ1n) is 12.6. The van der Waals surface area contributed by atoms with Crippen LogP contribution in [-0.2, 0) is 9.53 Å². The Morgan fingerprint density at radius 1 is 1.25 bits per heavy atom. The van der Waals surface area contributed by atoms with E-state index in [1.54, 1.807) is 18.6 Å². The number of aliphatic hydroxyl groups excluding tert-OH is 2. The van der Waals surface area contributed by atoms with E-state index < -0.39 is 11.5 Å². The quantitative estimate of drug-likeness (QED) is 0.459. The molecule has 1 aromatic carbocycles. The number of hydrogen-bond acceptors (Lipinski definition) is 5. The Bertz CT molecular complexity index is 1240. The zero-order chi connectivity index (χ0) is 25.5. The molecule has 1 aromatic heterocycles. The minimum atomic E-state index is -0.533. The van der Waals surface area contributed by atoms with Crippen molar-refractivity contribution in [3.05, 3.63) is 90.3 Å². The maximum absolute atomic E-state index is 12.6. The molecule has 0 radical (unpaired) electrons. The highest BCUT2D eigenvalue weighted by molar-refractivity contribution is 5.96. The number of hydrogen-bond donors (Lipinski definition) is 2. The topological polar surface area (TPSA) is 84.6 Å². The fraction of sp³-hybridized carbons (Fsp3) is 0.400. The minimum Gasteiger partial charge on any atom is -0.423 e. The molecule has 0 amide bonds. The van der Waals surface area contributed by atoms with Gasteiger partial charge in [0.1, 0.15) is 5.76 Å². The van der Waals surface area contributed by atoms with Crippen LogP contribution in [-0.4, -0.2) is 38.4 Å². The first-order chi connectivity index (χ1) is 17.2. The molecule has 1 aliphatic heterocycles. The summed E-state index contributed by atoms with van der Waals surface area (Å²) in [6.07, 6.45) is 15.7. The summed E-state index contributed by atoms with van der Waals surface area (Å²) < 4.78 is 7.44. The van der Waals surface area contributed by atoms with Crippen LogP contribution in [0.25, 0.3) is 11.8 Å². The van der Waals surface area contributed by atoms with Crippen molar-refractivity contribution in [1.29, 1.82) is 0 Å². The molecule has 0 bridgehead atoms. The van der Waals surface area contributed by atoms with Crippen LogP contribution in [0, 0.1) is 22.7 Å². The molecule has 2 heterocycles. The van der Waals surface area contributed by atoms with Crippen LogP contribution in [0.15, 0.2) is 84.7 Å². The fourth-order valence-corrected chi connectivity index (χ4v) is 6.61. The number of ether oxygens (including phenoxy) is 1. The molecule has 3 aliphatic rings. The second-order valence-electron chi connectivity index (χ2n) is 10.9. The molecular formula is C30H34N2O4. The molecule has 6 nitrogen and oxygen atoms in total. The number of esters is 1. The van der Waals surface area contributed by atoms with Gasteiger partial charge >= 0.3 is 5.97 Å². The molecule has 2 aromatic rings. The Hall–Kier alpha value is -3.22. The molecule has 6 heteroatoms. The molecule has 188 valence electrons. The van der Waals surface area contributed by atoms with Crippen LogP contribution >= 0.6 is 0 Å². The van der Waals surface area contributed by atoms with E-state index in [1.807, 2.05) is 54.1 Å². The maximum Gasteiger partial charge on any atom is 0.343 e. The number of nitrogens with zero attached hydrogens (tertiary/aromatic N) is 2. The average molecular weight is 487 g/mol. The van der Waals surface area contributed by atoms with Crippen LogP contribution in [0.2, 0.25) is 0 Å². The molecule has 2 fully saturated rings. The van der Waals surface area contributed by atoms with Gasteiger partial charge in [0.15, 0.2) is 0 Å². The summed E-state index contributed by atoms with van der Waals surface area (Å²) >= 11 is 0. The molecule has 2 N–H and O–H groups in total. The van der Waals surface area contributed by atoms with Gasteiger partial charge in [-0.2, -0.15) is 0 Å². The van der Waals surface area contributed by atoms with Gasteiger partial charge in [0.25, 0.3) is 0 Å². The number of aliphatic hydroxyl groups is 2. The van der Waals surface area contributed by atoms with Gasteiger partial charge in [0, 0.05) is 29.4 Å². The summed E-state index contributed by atoms with van der Waals surface area (Å²) in [5.41, 5.74) is 2.92. The average Bonchev–Trinajstić information content (AvgIpc) is 3.52. The number of allylic oxidation sites excluding steroid dienone is 3. The lowest BCUT2D eigenvalue weighted by Gasteiger charge is -2.59. The molecular weight excluding hydrogens is 452 g/mol. The van der Waals surface area contributed by atoms with Gasteiger partial charge in [-0.3, -0.25) is 0 Å². The van der Waals surface area contributed by atoms with Crippen molar-refractivity contribution in [3.8, 4) is 5.69 Å². The van der Waals surface area contributed by atoms with E-state index in [1.165, 1.54) is 0 Å². The minimum absolute atomic E-state index is 0.0354. The molecule has 2 unspecified atom stereocenters. The van der Waals surface area contributed by atoms with Crippen molar-refractivity contribution in [1.82, 2.24) is 9.55 Å². The second-order valence-corrected chi connectivity index (χ2v) is 10.9. The number of carbonyl (C=O) groups is 1. The van der Waals surface area contributed by atoms with Gasteiger partial charge in [-0.25, -0.2) is 9.78 Å². The van der Waals surface area contributed by atoms with Gasteiger partial charge in [-0.1, -0.05) is 50.3 Å². The summed E-state index contributed by atoms with van der Waals surface area (Å²) in [5.74, 6) is 0.376. The highest BCUT2D eigenvalue weighted by atomic mass is 16.5. The van der Waals surface area contributed by atoms with Crippen molar-refractivity contribution in [2.24, 2.45) is 22.7 Å². The van der Waals surface area contributed by atoms with Crippen molar-refractivity contribution in [2.75, 3.05) is 6.61 Å². The van der Waals surface area contributed by atoms with E-state index in [-0.39, 0.29) is 29.8 Å². The summed E-state index contributed by atoms with van der Waals surface area (Å²) in [4.78, 5) is 16.7. The van der Waals surface area contributed by atoms with Gasteiger partial charge in [0.05, 0.1) is 24.6 Å². The molecule has 0 spiro atoms. The lowest BCUT2D eigenvalue weighted by molar-refractivity contribution is -0.145. The molecule has 5 rings (SSSR count). The summed E-state index contributed by atoms with van der Waals surface area (Å²) in [7, 11) is 0. The largest absolute Gasteiger partial charge is 0.423 e. The Balaban J connectivity index is 1.36. The summed E-state index contributed by atoms with van der Waals surface area (Å²) in [6, 6.07) is 7.92. The molecule has 2 saturated carbocycles. The second kappa shape index (κ2) is 9.34. The number of fused-ring (bicyclic) bond motifs is 1. The third-order valence-electron chi connectivity index (χ3n) is 8.77. The van der Waals surface area contributed by atoms with Crippen molar-refractivity contribution >= 4 is 12.0 Å². The highest BCUT2D eigenvalue weighted by Gasteiger charge is 2.57. The van der Waals surface area contributed by atoms with E-state index in [0.29, 0.717) is 17.8 Å². The third kappa shape index (κ3) is 4.18. The normalized spacial score (nSPS) is 33.6. The standard InChI is InChI=1S/C30H34N2O4/c1-20-4-11-26-29(2,13-12-27(34)30(26,3)18-33)25(20)10-7-22-17-24(36-28(22)35)16-21-5-8-23(9-6-21)32-15-14-31-19-32/h5-10,14-17,19,25-27,33-34H,1,4,11-13,18H2,2-3H3/b10-7+,24-16+/t25?,26?,27-,29-,30+/m1/s1. The Kier molecular flexibility index (Phi) is 6.35. The van der Waals surface area contributed by atoms with Gasteiger partial charge < -0.3 is 19.5 Å². The van der Waals surface area contributed by atoms with Gasteiger partial charge in [-0.05, 0) is 66.9 Å². The van der Waals surface area contributed by atoms with Crippen molar-refractivity contribution < 1.29 is 19.7 Å². The summed E-state index contributed by atoms with van der Waals surface area (Å²) in [6.45, 7) is 8.57. The zero-order valence-corrected chi connectivity index (χ0v) is 20.9. The SMILES string of the molecule is C=C1CCC2[C@](C)(CC[C@@H](O)[C@@]2(C)CO)C1/C=C/C1=CC(=C\c2ccc(-n3ccnc3)cc2)/OC1=O. The van der Waals surface area contributed by atoms with Crippen molar-refractivity contribution in [2.45, 2.75) is 45.6 Å². The maximum atomic E-state index is 12.6. The van der Waals surface area contributed by atoms with Gasteiger partial charge in [0.2, 0.25) is 0 Å². The lowest BCUT2D eigenvalue weighted by Crippen LogP contribution is -2.57. The summed E-state index contributed by atoms with van der Waals surface area (Å²) in [5, 5.41) is 20.9. The number of imidazole rings is 1. The fourth-order valence-electron chi connectivity index (χ4n) is 6.61. The number of cyclic esters (lactones) is 1. The van der Waals surface area contributed by atoms with Crippen LogP contribution in [0.4, 0.5) is 0 Å². The van der Waals surface area contributed by atoms with Crippen molar-refractivity contribution in [3.63, 3.8) is 0 Å². The van der Waals surface area contributed by atoms with E-state index >= 15 is 0 Å². The predicted molar refractivity (Wildman–Crippen MR) is 139 cm³/mol. The molecule has 0 saturated heterocycles. The Morgan fingerprint density at radius 3 is 2.72 bits per heavy atom. The van der Waals surface area contributed by atoms with E-state index in [9.17, 15) is 15.0 Å². The van der Waals surface area contributed by atoms with E-state index in [2.05, 4.69) is 24.6 Å². The smallest absolute Gasteiger partial charge is 0.343 e. The number of rotatable bonds is 5. The third-order valence-corrected chi connectivity index (χ3v) is 8.77. The monoisotopic (exact) mass is 486 g/mol. The van der Waals surface area contributed by atoms with Crippen LogP contribution < -0.4 is 0 Å². The van der Waals surface area contributed by atoms with Crippen LogP contribution in [0.3, 0.4) is 0 Å². The lowest BCUT2D eigenvalue weighted by atomic mass is 9.46. The molecule has 2 aliphatic carbocycles. The number of benzene rings is 1. The Morgan fingerprint density at radius 2 is 2.03 bits per heavy atom. The number of carbonyl (C=O) groups excluding carboxylic acids is 1. The molecule has 5 atom stereocenters. The highest BCUT2D eigenvalue weighted by Crippen LogP contribution is 2.61. The molecule has 36 heavy (non-hydrogen) atoms. The van der Waals surface area contributed by atoms with E-state index in [0.717, 1.165) is 36.1 Å². The van der Waals surface area contributed by atoms with Gasteiger partial charge in [-0.15, -0.1) is 0 Å². The first-order valence-corrected chi connectivity index (χ1v) is 12.6. The predicted octanol–water partition coefficient (Wildman–Crippen LogP) is 4.99.